The van der Waals surface area contributed by atoms with E-state index in [4.69, 9.17) is 4.99 Å². The zero-order valence-electron chi connectivity index (χ0n) is 17.7. The molecule has 1 aromatic heterocycles. The Morgan fingerprint density at radius 1 is 1.10 bits per heavy atom. The molecule has 0 unspecified atom stereocenters. The van der Waals surface area contributed by atoms with Crippen molar-refractivity contribution in [2.45, 2.75) is 46.2 Å². The van der Waals surface area contributed by atoms with Crippen LogP contribution in [0.15, 0.2) is 41.4 Å². The molecule has 6 nitrogen and oxygen atoms in total. The van der Waals surface area contributed by atoms with E-state index in [1.807, 2.05) is 40.5 Å². The van der Waals surface area contributed by atoms with Crippen LogP contribution in [0, 0.1) is 0 Å². The van der Waals surface area contributed by atoms with Gasteiger partial charge in [0.25, 0.3) is 0 Å². The summed E-state index contributed by atoms with van der Waals surface area (Å²) in [6, 6.07) is 12.3. The number of guanidine groups is 1. The summed E-state index contributed by atoms with van der Waals surface area (Å²) < 4.78 is 0. The summed E-state index contributed by atoms with van der Waals surface area (Å²) in [5.74, 6) is 0.797. The highest BCUT2D eigenvalue weighted by Crippen LogP contribution is 2.17. The van der Waals surface area contributed by atoms with Gasteiger partial charge in [0.2, 0.25) is 0 Å². The van der Waals surface area contributed by atoms with Crippen molar-refractivity contribution < 1.29 is 4.79 Å². The summed E-state index contributed by atoms with van der Waals surface area (Å²) >= 11 is 1.84. The smallest absolute Gasteiger partial charge is 0.321 e. The van der Waals surface area contributed by atoms with E-state index >= 15 is 0 Å². The van der Waals surface area contributed by atoms with Gasteiger partial charge in [-0.25, -0.2) is 9.79 Å². The fraction of sp³-hybridized carbons (Fsp3) is 0.455. The van der Waals surface area contributed by atoms with E-state index in [9.17, 15) is 4.79 Å². The number of aryl methyl sites for hydroxylation is 1. The molecule has 0 bridgehead atoms. The molecule has 3 rings (SSSR count). The molecule has 0 radical (unpaired) electrons. The molecule has 2 amide bonds. The summed E-state index contributed by atoms with van der Waals surface area (Å²) in [6.07, 6.45) is 3.25. The molecule has 164 valence electrons. The van der Waals surface area contributed by atoms with Crippen LogP contribution in [-0.2, 0) is 19.5 Å². The minimum Gasteiger partial charge on any atom is -0.357 e. The number of carbonyl (C=O) groups excluding carboxylic acids is 1. The van der Waals surface area contributed by atoms with E-state index in [1.54, 1.807) is 0 Å². The van der Waals surface area contributed by atoms with E-state index in [0.29, 0.717) is 6.54 Å². The van der Waals surface area contributed by atoms with Crippen LogP contribution < -0.4 is 16.0 Å². The molecular formula is C22H32IN5OS. The minimum absolute atomic E-state index is 0. The molecule has 2 heterocycles. The number of rotatable bonds is 7. The summed E-state index contributed by atoms with van der Waals surface area (Å²) in [6.45, 7) is 8.05. The van der Waals surface area contributed by atoms with Crippen LogP contribution in [0.4, 0.5) is 10.5 Å². The number of benzene rings is 1. The average molecular weight is 542 g/mol. The average Bonchev–Trinajstić information content (AvgIpc) is 3.42. The number of nitrogens with zero attached hydrogens (tertiary/aromatic N) is 2. The number of anilines is 1. The zero-order chi connectivity index (χ0) is 20.5. The highest BCUT2D eigenvalue weighted by atomic mass is 127. The van der Waals surface area contributed by atoms with Crippen molar-refractivity contribution in [1.82, 2.24) is 15.5 Å². The topological polar surface area (TPSA) is 68.8 Å². The molecule has 0 spiro atoms. The van der Waals surface area contributed by atoms with Crippen LogP contribution in [0.1, 0.15) is 42.0 Å². The van der Waals surface area contributed by atoms with Crippen LogP contribution in [-0.4, -0.2) is 36.5 Å². The van der Waals surface area contributed by atoms with Gasteiger partial charge in [0, 0.05) is 35.1 Å². The molecule has 8 heteroatoms. The second-order valence-corrected chi connectivity index (χ2v) is 8.35. The number of carbonyl (C=O) groups is 1. The summed E-state index contributed by atoms with van der Waals surface area (Å²) in [7, 11) is 0. The Morgan fingerprint density at radius 3 is 2.57 bits per heavy atom. The largest absolute Gasteiger partial charge is 0.357 e. The highest BCUT2D eigenvalue weighted by molar-refractivity contribution is 14.0. The van der Waals surface area contributed by atoms with E-state index in [1.165, 1.54) is 9.75 Å². The van der Waals surface area contributed by atoms with Gasteiger partial charge in [-0.2, -0.15) is 0 Å². The van der Waals surface area contributed by atoms with Crippen molar-refractivity contribution in [3.8, 4) is 0 Å². The van der Waals surface area contributed by atoms with Crippen molar-refractivity contribution in [1.29, 1.82) is 0 Å². The first-order valence-corrected chi connectivity index (χ1v) is 11.2. The van der Waals surface area contributed by atoms with Crippen LogP contribution in [0.3, 0.4) is 0 Å². The van der Waals surface area contributed by atoms with E-state index < -0.39 is 0 Å². The second-order valence-electron chi connectivity index (χ2n) is 7.09. The maximum Gasteiger partial charge on any atom is 0.321 e. The Labute approximate surface area is 200 Å². The van der Waals surface area contributed by atoms with Gasteiger partial charge in [0.05, 0.1) is 13.1 Å². The summed E-state index contributed by atoms with van der Waals surface area (Å²) in [5, 5.41) is 9.70. The molecule has 1 fully saturated rings. The van der Waals surface area contributed by atoms with Crippen molar-refractivity contribution in [2.75, 3.05) is 25.0 Å². The van der Waals surface area contributed by atoms with Crippen molar-refractivity contribution in [2.24, 2.45) is 4.99 Å². The normalized spacial score (nSPS) is 13.7. The predicted molar refractivity (Wildman–Crippen MR) is 137 cm³/mol. The number of aliphatic imine (C=N–C) groups is 1. The van der Waals surface area contributed by atoms with E-state index in [2.05, 4.69) is 41.9 Å². The van der Waals surface area contributed by atoms with Crippen LogP contribution >= 0.6 is 35.3 Å². The third kappa shape index (κ3) is 7.46. The highest BCUT2D eigenvalue weighted by Gasteiger charge is 2.17. The quantitative estimate of drug-likeness (QED) is 0.268. The third-order valence-electron chi connectivity index (χ3n) is 4.83. The SMILES string of the molecule is CCNC(=NCc1cccc(NC(=O)N2CCCC2)c1)NCc1ccc(CC)s1.I. The monoisotopic (exact) mass is 541 g/mol. The first-order valence-electron chi connectivity index (χ1n) is 10.4. The summed E-state index contributed by atoms with van der Waals surface area (Å²) in [5.41, 5.74) is 1.88. The number of halogens is 1. The lowest BCUT2D eigenvalue weighted by molar-refractivity contribution is 0.222. The van der Waals surface area contributed by atoms with E-state index in [-0.39, 0.29) is 30.0 Å². The molecule has 0 atom stereocenters. The molecule has 0 aliphatic carbocycles. The first kappa shape index (κ1) is 24.5. The van der Waals surface area contributed by atoms with Crippen molar-refractivity contribution in [3.05, 3.63) is 51.7 Å². The summed E-state index contributed by atoms with van der Waals surface area (Å²) in [4.78, 5) is 21.6. The van der Waals surface area contributed by atoms with Gasteiger partial charge in [-0.1, -0.05) is 19.1 Å². The molecule has 1 aliphatic rings. The van der Waals surface area contributed by atoms with Crippen molar-refractivity contribution in [3.63, 3.8) is 0 Å². The van der Waals surface area contributed by atoms with Gasteiger partial charge < -0.3 is 20.9 Å². The fourth-order valence-corrected chi connectivity index (χ4v) is 4.16. The number of hydrogen-bond acceptors (Lipinski definition) is 3. The van der Waals surface area contributed by atoms with E-state index in [0.717, 1.165) is 62.7 Å². The Balaban J connectivity index is 0.00000320. The lowest BCUT2D eigenvalue weighted by Gasteiger charge is -2.16. The number of thiophene rings is 1. The number of hydrogen-bond donors (Lipinski definition) is 3. The lowest BCUT2D eigenvalue weighted by atomic mass is 10.2. The lowest BCUT2D eigenvalue weighted by Crippen LogP contribution is -2.36. The Morgan fingerprint density at radius 2 is 1.87 bits per heavy atom. The Kier molecular flexibility index (Phi) is 10.4. The molecule has 1 saturated heterocycles. The van der Waals surface area contributed by atoms with Crippen molar-refractivity contribution >= 4 is 53.0 Å². The standard InChI is InChI=1S/C22H31N5OS.HI/c1-3-19-10-11-20(29-19)16-25-21(23-4-2)24-15-17-8-7-9-18(14-17)26-22(28)27-12-5-6-13-27;/h7-11,14H,3-6,12-13,15-16H2,1-2H3,(H,26,28)(H2,23,24,25);1H. The first-order chi connectivity index (χ1) is 14.2. The Hall–Kier alpha value is -1.81. The molecule has 1 aliphatic heterocycles. The number of urea groups is 1. The molecule has 2 aromatic rings. The molecule has 3 N–H and O–H groups in total. The van der Waals surface area contributed by atoms with Crippen LogP contribution in [0.5, 0.6) is 0 Å². The van der Waals surface area contributed by atoms with Gasteiger partial charge in [-0.05, 0) is 56.0 Å². The third-order valence-corrected chi connectivity index (χ3v) is 6.06. The number of likely N-dealkylation sites (tertiary alicyclic amines) is 1. The maximum absolute atomic E-state index is 12.3. The van der Waals surface area contributed by atoms with Gasteiger partial charge in [-0.3, -0.25) is 0 Å². The van der Waals surface area contributed by atoms with Gasteiger partial charge in [0.15, 0.2) is 5.96 Å². The Bertz CT molecular complexity index is 832. The zero-order valence-corrected chi connectivity index (χ0v) is 20.9. The van der Waals surface area contributed by atoms with Gasteiger partial charge in [0.1, 0.15) is 0 Å². The molecule has 1 aromatic carbocycles. The molecular weight excluding hydrogens is 509 g/mol. The van der Waals surface area contributed by atoms with Crippen LogP contribution in [0.2, 0.25) is 0 Å². The molecule has 0 saturated carbocycles. The number of nitrogens with one attached hydrogen (secondary N) is 3. The maximum atomic E-state index is 12.3. The minimum atomic E-state index is -0.0134. The van der Waals surface area contributed by atoms with Gasteiger partial charge >= 0.3 is 6.03 Å². The number of amides is 2. The fourth-order valence-electron chi connectivity index (χ4n) is 3.26. The van der Waals surface area contributed by atoms with Gasteiger partial charge in [-0.15, -0.1) is 35.3 Å². The van der Waals surface area contributed by atoms with Crippen LogP contribution in [0.25, 0.3) is 0 Å². The second kappa shape index (κ2) is 12.8. The predicted octanol–water partition coefficient (Wildman–Crippen LogP) is 4.81. The molecule has 30 heavy (non-hydrogen) atoms.